The number of hydrogen-bond donors (Lipinski definition) is 2. The molecule has 0 aliphatic heterocycles. The Bertz CT molecular complexity index is 214. The van der Waals surface area contributed by atoms with Crippen molar-refractivity contribution in [1.29, 1.82) is 0 Å². The van der Waals surface area contributed by atoms with Crippen LogP contribution in [0.15, 0.2) is 12.2 Å². The van der Waals surface area contributed by atoms with Gasteiger partial charge in [-0.25, -0.2) is 0 Å². The van der Waals surface area contributed by atoms with Gasteiger partial charge in [0.05, 0.1) is 6.54 Å². The van der Waals surface area contributed by atoms with Crippen molar-refractivity contribution in [1.82, 2.24) is 0 Å². The minimum atomic E-state index is -0.174. The summed E-state index contributed by atoms with van der Waals surface area (Å²) in [5.74, 6) is 5.66. The van der Waals surface area contributed by atoms with E-state index in [0.29, 0.717) is 6.54 Å². The van der Waals surface area contributed by atoms with Gasteiger partial charge in [0, 0.05) is 5.54 Å². The molecule has 0 aromatic carbocycles. The molecule has 2 nitrogen and oxygen atoms in total. The van der Waals surface area contributed by atoms with Crippen LogP contribution < -0.4 is 11.5 Å². The highest BCUT2D eigenvalue weighted by Gasteiger charge is 2.18. The van der Waals surface area contributed by atoms with Gasteiger partial charge in [-0.15, -0.1) is 0 Å². The number of nitrogens with two attached hydrogens (primary N) is 2. The van der Waals surface area contributed by atoms with Crippen LogP contribution in [0.4, 0.5) is 0 Å². The molecule has 0 atom stereocenters. The summed E-state index contributed by atoms with van der Waals surface area (Å²) in [5, 5.41) is 0. The van der Waals surface area contributed by atoms with Crippen molar-refractivity contribution in [2.45, 2.75) is 45.1 Å². The SMILES string of the molecule is CCCC(N)(C=CC#CCN)CCC. The Morgan fingerprint density at radius 3 is 2.21 bits per heavy atom. The van der Waals surface area contributed by atoms with Crippen LogP contribution in [0.3, 0.4) is 0 Å². The number of allylic oxidation sites excluding steroid dienone is 1. The summed E-state index contributed by atoms with van der Waals surface area (Å²) in [5.41, 5.74) is 11.3. The summed E-state index contributed by atoms with van der Waals surface area (Å²) in [7, 11) is 0. The fourth-order valence-electron chi connectivity index (χ4n) is 1.55. The number of hydrogen-bond acceptors (Lipinski definition) is 2. The monoisotopic (exact) mass is 194 g/mol. The predicted molar refractivity (Wildman–Crippen MR) is 62.7 cm³/mol. The van der Waals surface area contributed by atoms with Crippen molar-refractivity contribution in [2.24, 2.45) is 11.5 Å². The zero-order valence-electron chi connectivity index (χ0n) is 9.34. The number of rotatable bonds is 5. The lowest BCUT2D eigenvalue weighted by Gasteiger charge is -2.24. The van der Waals surface area contributed by atoms with Crippen molar-refractivity contribution in [2.75, 3.05) is 6.54 Å². The molecule has 0 aromatic rings. The molecule has 0 fully saturated rings. The largest absolute Gasteiger partial charge is 0.322 e. The standard InChI is InChI=1S/C12H22N2/c1-3-8-12(14,9-4-2)10-6-5-7-11-13/h6,10H,3-4,8-9,11,13-14H2,1-2H3. The molecule has 0 aliphatic rings. The molecule has 0 heterocycles. The first kappa shape index (κ1) is 13.2. The van der Waals surface area contributed by atoms with Crippen LogP contribution in [0.1, 0.15) is 39.5 Å². The maximum absolute atomic E-state index is 6.22. The Morgan fingerprint density at radius 1 is 1.21 bits per heavy atom. The first-order valence-electron chi connectivity index (χ1n) is 5.33. The molecule has 0 spiro atoms. The maximum Gasteiger partial charge on any atom is 0.0554 e. The predicted octanol–water partition coefficient (Wildman–Crippen LogP) is 1.80. The van der Waals surface area contributed by atoms with Crippen LogP contribution in [0.25, 0.3) is 0 Å². The summed E-state index contributed by atoms with van der Waals surface area (Å²) >= 11 is 0. The average Bonchev–Trinajstić information content (AvgIpc) is 2.13. The third-order valence-electron chi connectivity index (χ3n) is 2.13. The minimum absolute atomic E-state index is 0.174. The fourth-order valence-corrected chi connectivity index (χ4v) is 1.55. The van der Waals surface area contributed by atoms with Crippen molar-refractivity contribution in [3.63, 3.8) is 0 Å². The van der Waals surface area contributed by atoms with Crippen LogP contribution in [0, 0.1) is 11.8 Å². The third-order valence-corrected chi connectivity index (χ3v) is 2.13. The van der Waals surface area contributed by atoms with Crippen LogP contribution in [0.5, 0.6) is 0 Å². The van der Waals surface area contributed by atoms with Gasteiger partial charge in [-0.3, -0.25) is 0 Å². The molecule has 0 bridgehead atoms. The van der Waals surface area contributed by atoms with Gasteiger partial charge in [0.2, 0.25) is 0 Å². The molecule has 0 unspecified atom stereocenters. The fraction of sp³-hybridized carbons (Fsp3) is 0.667. The van der Waals surface area contributed by atoms with Gasteiger partial charge < -0.3 is 11.5 Å². The van der Waals surface area contributed by atoms with E-state index >= 15 is 0 Å². The first-order valence-corrected chi connectivity index (χ1v) is 5.33. The van der Waals surface area contributed by atoms with E-state index in [2.05, 4.69) is 25.7 Å². The molecule has 4 N–H and O–H groups in total. The van der Waals surface area contributed by atoms with E-state index in [1.54, 1.807) is 0 Å². The topological polar surface area (TPSA) is 52.0 Å². The van der Waals surface area contributed by atoms with Gasteiger partial charge >= 0.3 is 0 Å². The molecule has 0 aromatic heterocycles. The second kappa shape index (κ2) is 7.61. The van der Waals surface area contributed by atoms with Crippen LogP contribution >= 0.6 is 0 Å². The van der Waals surface area contributed by atoms with E-state index in [9.17, 15) is 0 Å². The highest BCUT2D eigenvalue weighted by molar-refractivity contribution is 5.20. The zero-order chi connectivity index (χ0) is 10.9. The summed E-state index contributed by atoms with van der Waals surface area (Å²) < 4.78 is 0. The van der Waals surface area contributed by atoms with Crippen LogP contribution in [-0.2, 0) is 0 Å². The van der Waals surface area contributed by atoms with E-state index in [4.69, 9.17) is 11.5 Å². The smallest absolute Gasteiger partial charge is 0.0554 e. The van der Waals surface area contributed by atoms with E-state index in [-0.39, 0.29) is 5.54 Å². The third kappa shape index (κ3) is 5.80. The minimum Gasteiger partial charge on any atom is -0.322 e. The Labute approximate surface area is 87.7 Å². The molecule has 0 aliphatic carbocycles. The van der Waals surface area contributed by atoms with E-state index in [1.807, 2.05) is 12.2 Å². The van der Waals surface area contributed by atoms with Gasteiger partial charge in [0.1, 0.15) is 0 Å². The normalized spacial score (nSPS) is 11.4. The zero-order valence-corrected chi connectivity index (χ0v) is 9.34. The van der Waals surface area contributed by atoms with E-state index in [1.165, 1.54) is 0 Å². The molecule has 2 heteroatoms. The van der Waals surface area contributed by atoms with Crippen molar-refractivity contribution in [3.05, 3.63) is 12.2 Å². The molecular formula is C12H22N2. The Hall–Kier alpha value is -0.780. The summed E-state index contributed by atoms with van der Waals surface area (Å²) in [6.07, 6.45) is 8.08. The van der Waals surface area contributed by atoms with Crippen LogP contribution in [0.2, 0.25) is 0 Å². The molecule has 0 radical (unpaired) electrons. The lowest BCUT2D eigenvalue weighted by Crippen LogP contribution is -2.37. The molecule has 0 amide bonds. The lowest BCUT2D eigenvalue weighted by atomic mass is 9.89. The summed E-state index contributed by atoms with van der Waals surface area (Å²) in [6.45, 7) is 4.71. The average molecular weight is 194 g/mol. The summed E-state index contributed by atoms with van der Waals surface area (Å²) in [4.78, 5) is 0. The van der Waals surface area contributed by atoms with Gasteiger partial charge in [0.25, 0.3) is 0 Å². The lowest BCUT2D eigenvalue weighted by molar-refractivity contribution is 0.440. The first-order chi connectivity index (χ1) is 6.68. The second-order valence-electron chi connectivity index (χ2n) is 3.59. The van der Waals surface area contributed by atoms with E-state index in [0.717, 1.165) is 25.7 Å². The molecule has 0 saturated heterocycles. The van der Waals surface area contributed by atoms with Crippen LogP contribution in [-0.4, -0.2) is 12.1 Å². The van der Waals surface area contributed by atoms with Gasteiger partial charge in [0.15, 0.2) is 0 Å². The van der Waals surface area contributed by atoms with Crippen molar-refractivity contribution >= 4 is 0 Å². The van der Waals surface area contributed by atoms with Gasteiger partial charge in [-0.1, -0.05) is 44.6 Å². The maximum atomic E-state index is 6.22. The molecular weight excluding hydrogens is 172 g/mol. The van der Waals surface area contributed by atoms with Gasteiger partial charge in [-0.05, 0) is 18.9 Å². The Balaban J connectivity index is 4.26. The quantitative estimate of drug-likeness (QED) is 0.656. The van der Waals surface area contributed by atoms with E-state index < -0.39 is 0 Å². The highest BCUT2D eigenvalue weighted by atomic mass is 14.7. The van der Waals surface area contributed by atoms with Crippen molar-refractivity contribution in [3.8, 4) is 11.8 Å². The molecule has 0 saturated carbocycles. The summed E-state index contributed by atoms with van der Waals surface area (Å²) in [6, 6.07) is 0. The molecule has 80 valence electrons. The van der Waals surface area contributed by atoms with Gasteiger partial charge in [-0.2, -0.15) is 0 Å². The molecule has 14 heavy (non-hydrogen) atoms. The highest BCUT2D eigenvalue weighted by Crippen LogP contribution is 2.17. The Kier molecular flexibility index (Phi) is 7.18. The molecule has 0 rings (SSSR count). The van der Waals surface area contributed by atoms with Crippen molar-refractivity contribution < 1.29 is 0 Å². The Morgan fingerprint density at radius 2 is 1.79 bits per heavy atom. The second-order valence-corrected chi connectivity index (χ2v) is 3.59.